The zero-order valence-electron chi connectivity index (χ0n) is 14.9. The molecular formula is C21H14BrFN2O4. The minimum Gasteiger partial charge on any atom is -0.454 e. The maximum absolute atomic E-state index is 13.5. The van der Waals surface area contributed by atoms with E-state index in [1.54, 1.807) is 42.5 Å². The van der Waals surface area contributed by atoms with Crippen molar-refractivity contribution in [3.63, 3.8) is 0 Å². The largest absolute Gasteiger partial charge is 0.454 e. The van der Waals surface area contributed by atoms with Gasteiger partial charge in [-0.3, -0.25) is 9.59 Å². The van der Waals surface area contributed by atoms with Crippen LogP contribution in [0, 0.1) is 5.82 Å². The number of halogens is 2. The molecule has 0 bridgehead atoms. The Kier molecular flexibility index (Phi) is 5.18. The van der Waals surface area contributed by atoms with Crippen LogP contribution >= 0.6 is 15.9 Å². The predicted molar refractivity (Wildman–Crippen MR) is 109 cm³/mol. The minimum absolute atomic E-state index is 0.121. The smallest absolute Gasteiger partial charge is 0.257 e. The summed E-state index contributed by atoms with van der Waals surface area (Å²) >= 11 is 3.23. The van der Waals surface area contributed by atoms with E-state index in [4.69, 9.17) is 9.47 Å². The summed E-state index contributed by atoms with van der Waals surface area (Å²) in [5, 5.41) is 5.43. The number of rotatable bonds is 4. The van der Waals surface area contributed by atoms with Crippen LogP contribution in [0.15, 0.2) is 65.1 Å². The van der Waals surface area contributed by atoms with Crippen LogP contribution in [0.5, 0.6) is 11.5 Å². The first-order valence-corrected chi connectivity index (χ1v) is 9.37. The summed E-state index contributed by atoms with van der Waals surface area (Å²) in [4.78, 5) is 25.3. The molecule has 2 N–H and O–H groups in total. The van der Waals surface area contributed by atoms with Crippen LogP contribution in [-0.4, -0.2) is 18.6 Å². The first kappa shape index (κ1) is 18.9. The molecular weight excluding hydrogens is 443 g/mol. The highest BCUT2D eigenvalue weighted by Crippen LogP contribution is 2.34. The summed E-state index contributed by atoms with van der Waals surface area (Å²) in [6.07, 6.45) is 0. The van der Waals surface area contributed by atoms with Crippen LogP contribution < -0.4 is 20.1 Å². The summed E-state index contributed by atoms with van der Waals surface area (Å²) in [6.45, 7) is 0.136. The zero-order chi connectivity index (χ0) is 20.4. The monoisotopic (exact) mass is 456 g/mol. The first-order valence-electron chi connectivity index (χ1n) is 8.58. The number of amides is 2. The number of hydrogen-bond acceptors (Lipinski definition) is 4. The van der Waals surface area contributed by atoms with Crippen molar-refractivity contribution in [2.75, 3.05) is 17.4 Å². The van der Waals surface area contributed by atoms with E-state index in [1.807, 2.05) is 0 Å². The van der Waals surface area contributed by atoms with E-state index in [0.717, 1.165) is 6.07 Å². The lowest BCUT2D eigenvalue weighted by Gasteiger charge is -2.12. The van der Waals surface area contributed by atoms with Gasteiger partial charge >= 0.3 is 0 Å². The molecule has 3 aromatic carbocycles. The van der Waals surface area contributed by atoms with Gasteiger partial charge in [-0.2, -0.15) is 0 Å². The molecule has 4 rings (SSSR count). The lowest BCUT2D eigenvalue weighted by Crippen LogP contribution is -2.18. The predicted octanol–water partition coefficient (Wildman–Crippen LogP) is 4.82. The van der Waals surface area contributed by atoms with Gasteiger partial charge in [-0.15, -0.1) is 0 Å². The van der Waals surface area contributed by atoms with E-state index in [0.29, 0.717) is 27.3 Å². The Labute approximate surface area is 173 Å². The van der Waals surface area contributed by atoms with Crippen molar-refractivity contribution in [2.45, 2.75) is 0 Å². The topological polar surface area (TPSA) is 76.7 Å². The highest BCUT2D eigenvalue weighted by molar-refractivity contribution is 9.10. The van der Waals surface area contributed by atoms with Crippen LogP contribution in [0.4, 0.5) is 15.8 Å². The normalized spacial score (nSPS) is 11.8. The van der Waals surface area contributed by atoms with Gasteiger partial charge in [-0.1, -0.05) is 12.1 Å². The van der Waals surface area contributed by atoms with Crippen molar-refractivity contribution in [2.24, 2.45) is 0 Å². The van der Waals surface area contributed by atoms with Gasteiger partial charge in [-0.25, -0.2) is 4.39 Å². The molecule has 6 nitrogen and oxygen atoms in total. The Morgan fingerprint density at radius 1 is 0.862 bits per heavy atom. The Balaban J connectivity index is 1.55. The number of carbonyl (C=O) groups excluding carboxylic acids is 2. The molecule has 1 aliphatic rings. The quantitative estimate of drug-likeness (QED) is 0.589. The van der Waals surface area contributed by atoms with Crippen LogP contribution in [-0.2, 0) is 0 Å². The van der Waals surface area contributed by atoms with Crippen molar-refractivity contribution in [3.8, 4) is 11.5 Å². The van der Waals surface area contributed by atoms with Gasteiger partial charge in [-0.05, 0) is 58.4 Å². The van der Waals surface area contributed by atoms with Crippen molar-refractivity contribution in [1.29, 1.82) is 0 Å². The molecule has 8 heteroatoms. The third-order valence-electron chi connectivity index (χ3n) is 4.22. The third-order valence-corrected chi connectivity index (χ3v) is 4.91. The van der Waals surface area contributed by atoms with E-state index >= 15 is 0 Å². The number of ether oxygens (including phenoxy) is 2. The Bertz CT molecular complexity index is 1120. The van der Waals surface area contributed by atoms with Gasteiger partial charge < -0.3 is 20.1 Å². The number of carbonyl (C=O) groups is 2. The lowest BCUT2D eigenvalue weighted by atomic mass is 10.1. The van der Waals surface area contributed by atoms with Gasteiger partial charge in [0, 0.05) is 16.2 Å². The maximum atomic E-state index is 13.5. The van der Waals surface area contributed by atoms with Gasteiger partial charge in [0.25, 0.3) is 11.8 Å². The van der Waals surface area contributed by atoms with E-state index in [1.165, 1.54) is 12.1 Å². The number of para-hydroxylation sites is 1. The summed E-state index contributed by atoms with van der Waals surface area (Å²) in [6, 6.07) is 15.4. The fourth-order valence-corrected chi connectivity index (χ4v) is 3.25. The summed E-state index contributed by atoms with van der Waals surface area (Å²) < 4.78 is 24.5. The second kappa shape index (κ2) is 7.92. The van der Waals surface area contributed by atoms with Crippen LogP contribution in [0.2, 0.25) is 0 Å². The second-order valence-electron chi connectivity index (χ2n) is 6.15. The average molecular weight is 457 g/mol. The molecule has 0 radical (unpaired) electrons. The van der Waals surface area contributed by atoms with Crippen molar-refractivity contribution in [3.05, 3.63) is 82.1 Å². The summed E-state index contributed by atoms with van der Waals surface area (Å²) in [5.41, 5.74) is 1.20. The number of nitrogens with one attached hydrogen (secondary N) is 2. The lowest BCUT2D eigenvalue weighted by molar-refractivity contribution is 0.102. The molecule has 1 aliphatic heterocycles. The molecule has 0 spiro atoms. The maximum Gasteiger partial charge on any atom is 0.257 e. The third kappa shape index (κ3) is 4.07. The first-order chi connectivity index (χ1) is 14.0. The molecule has 146 valence electrons. The minimum atomic E-state index is -0.542. The fraction of sp³-hybridized carbons (Fsp3) is 0.0476. The molecule has 0 fully saturated rings. The fourth-order valence-electron chi connectivity index (χ4n) is 2.82. The van der Waals surface area contributed by atoms with Gasteiger partial charge in [0.05, 0.1) is 16.8 Å². The standard InChI is InChI=1S/C21H14BrFN2O4/c22-16-7-5-12(23)9-15(16)21(27)25-17-4-2-1-3-14(17)20(26)24-13-6-8-18-19(10-13)29-11-28-18/h1-10H,11H2,(H,24,26)(H,25,27). The molecule has 0 aliphatic carbocycles. The van der Waals surface area contributed by atoms with E-state index in [9.17, 15) is 14.0 Å². The molecule has 0 saturated carbocycles. The highest BCUT2D eigenvalue weighted by Gasteiger charge is 2.18. The van der Waals surface area contributed by atoms with Gasteiger partial charge in [0.1, 0.15) is 5.82 Å². The zero-order valence-corrected chi connectivity index (χ0v) is 16.5. The second-order valence-corrected chi connectivity index (χ2v) is 7.00. The number of hydrogen-bond donors (Lipinski definition) is 2. The Hall–Kier alpha value is -3.39. The molecule has 0 atom stereocenters. The van der Waals surface area contributed by atoms with E-state index in [-0.39, 0.29) is 17.9 Å². The Morgan fingerprint density at radius 2 is 1.62 bits per heavy atom. The number of anilines is 2. The number of benzene rings is 3. The van der Waals surface area contributed by atoms with Crippen molar-refractivity contribution in [1.82, 2.24) is 0 Å². The van der Waals surface area contributed by atoms with Crippen LogP contribution in [0.3, 0.4) is 0 Å². The van der Waals surface area contributed by atoms with Crippen molar-refractivity contribution < 1.29 is 23.5 Å². The van der Waals surface area contributed by atoms with E-state index in [2.05, 4.69) is 26.6 Å². The molecule has 2 amide bonds. The van der Waals surface area contributed by atoms with Crippen LogP contribution in [0.1, 0.15) is 20.7 Å². The number of fused-ring (bicyclic) bond motifs is 1. The van der Waals surface area contributed by atoms with Crippen LogP contribution in [0.25, 0.3) is 0 Å². The summed E-state index contributed by atoms with van der Waals surface area (Å²) in [5.74, 6) is -0.346. The van der Waals surface area contributed by atoms with Gasteiger partial charge in [0.15, 0.2) is 11.5 Å². The molecule has 0 saturated heterocycles. The molecule has 29 heavy (non-hydrogen) atoms. The van der Waals surface area contributed by atoms with Crippen molar-refractivity contribution >= 4 is 39.1 Å². The summed E-state index contributed by atoms with van der Waals surface area (Å²) in [7, 11) is 0. The molecule has 0 unspecified atom stereocenters. The Morgan fingerprint density at radius 3 is 2.48 bits per heavy atom. The van der Waals surface area contributed by atoms with Gasteiger partial charge in [0.2, 0.25) is 6.79 Å². The average Bonchev–Trinajstić information content (AvgIpc) is 3.18. The SMILES string of the molecule is O=C(Nc1ccccc1C(=O)Nc1ccc2c(c1)OCO2)c1cc(F)ccc1Br. The molecule has 3 aromatic rings. The highest BCUT2D eigenvalue weighted by atomic mass is 79.9. The van der Waals surface area contributed by atoms with E-state index < -0.39 is 17.6 Å². The molecule has 0 aromatic heterocycles. The molecule has 1 heterocycles.